The second-order valence-electron chi connectivity index (χ2n) is 6.43. The monoisotopic (exact) mass is 373 g/mol. The van der Waals surface area contributed by atoms with E-state index < -0.39 is 34.6 Å². The molecule has 9 heteroatoms. The molecule has 0 aromatic heterocycles. The van der Waals surface area contributed by atoms with Gasteiger partial charge in [-0.15, -0.1) is 0 Å². The van der Waals surface area contributed by atoms with Crippen molar-refractivity contribution in [2.24, 2.45) is 0 Å². The number of carbonyl (C=O) groups excluding carboxylic acids is 1. The summed E-state index contributed by atoms with van der Waals surface area (Å²) in [7, 11) is -3.49. The molecule has 1 heterocycles. The fourth-order valence-corrected chi connectivity index (χ4v) is 4.17. The van der Waals surface area contributed by atoms with Crippen LogP contribution in [0, 0.1) is 0 Å². The highest BCUT2D eigenvalue weighted by molar-refractivity contribution is 7.91. The SMILES string of the molecule is CC(C)OC(=O)N1CCC[C@@H]1CCCS(=O)(=O)CCCC(F)(F)F. The number of carbonyl (C=O) groups is 1. The largest absolute Gasteiger partial charge is 0.447 e. The van der Waals surface area contributed by atoms with Crippen molar-refractivity contribution in [1.82, 2.24) is 4.90 Å². The lowest BCUT2D eigenvalue weighted by molar-refractivity contribution is -0.134. The molecular weight excluding hydrogens is 347 g/mol. The van der Waals surface area contributed by atoms with Crippen LogP contribution in [0.5, 0.6) is 0 Å². The molecule has 0 unspecified atom stereocenters. The molecule has 0 aromatic rings. The number of alkyl halides is 3. The average molecular weight is 373 g/mol. The Balaban J connectivity index is 2.36. The Morgan fingerprint density at radius 2 is 1.88 bits per heavy atom. The molecule has 1 rings (SSSR count). The molecule has 1 aliphatic rings. The first-order valence-corrected chi connectivity index (χ1v) is 10.1. The second kappa shape index (κ2) is 8.92. The van der Waals surface area contributed by atoms with Crippen LogP contribution < -0.4 is 0 Å². The van der Waals surface area contributed by atoms with E-state index in [4.69, 9.17) is 4.74 Å². The molecule has 1 saturated heterocycles. The van der Waals surface area contributed by atoms with Crippen LogP contribution in [-0.2, 0) is 14.6 Å². The standard InChI is InChI=1S/C15H26F3NO4S/c1-12(2)23-14(20)19-9-3-6-13(19)7-4-10-24(21,22)11-5-8-15(16,17)18/h12-13H,3-11H2,1-2H3/t13-/m1/s1. The number of amides is 1. The maximum atomic E-state index is 12.1. The topological polar surface area (TPSA) is 63.7 Å². The highest BCUT2D eigenvalue weighted by Gasteiger charge is 2.30. The number of hydrogen-bond donors (Lipinski definition) is 0. The molecule has 0 aliphatic carbocycles. The zero-order valence-corrected chi connectivity index (χ0v) is 15.0. The Morgan fingerprint density at radius 3 is 2.46 bits per heavy atom. The molecule has 0 bridgehead atoms. The minimum atomic E-state index is -4.32. The number of halogens is 3. The van der Waals surface area contributed by atoms with Crippen LogP contribution in [-0.4, -0.2) is 55.8 Å². The van der Waals surface area contributed by atoms with Crippen molar-refractivity contribution in [2.45, 2.75) is 70.7 Å². The van der Waals surface area contributed by atoms with Crippen LogP contribution in [0.25, 0.3) is 0 Å². The Morgan fingerprint density at radius 1 is 1.25 bits per heavy atom. The normalized spacial score (nSPS) is 19.1. The second-order valence-corrected chi connectivity index (χ2v) is 8.74. The lowest BCUT2D eigenvalue weighted by atomic mass is 10.1. The molecule has 5 nitrogen and oxygen atoms in total. The van der Waals surface area contributed by atoms with Crippen molar-refractivity contribution >= 4 is 15.9 Å². The number of hydrogen-bond acceptors (Lipinski definition) is 4. The van der Waals surface area contributed by atoms with Crippen molar-refractivity contribution in [3.63, 3.8) is 0 Å². The summed E-state index contributed by atoms with van der Waals surface area (Å²) in [5, 5.41) is 0. The number of sulfone groups is 1. The van der Waals surface area contributed by atoms with Gasteiger partial charge in [-0.3, -0.25) is 0 Å². The number of rotatable bonds is 8. The third-order valence-corrected chi connectivity index (χ3v) is 5.68. The maximum absolute atomic E-state index is 12.1. The molecular formula is C15H26F3NO4S. The third-order valence-electron chi connectivity index (χ3n) is 3.86. The van der Waals surface area contributed by atoms with Crippen molar-refractivity contribution < 1.29 is 31.1 Å². The molecule has 1 atom stereocenters. The van der Waals surface area contributed by atoms with Gasteiger partial charge in [0.25, 0.3) is 0 Å². The lowest BCUT2D eigenvalue weighted by Crippen LogP contribution is -2.37. The number of likely N-dealkylation sites (tertiary alicyclic amines) is 1. The first-order valence-electron chi connectivity index (χ1n) is 8.24. The van der Waals surface area contributed by atoms with Gasteiger partial charge in [0, 0.05) is 19.0 Å². The van der Waals surface area contributed by atoms with Gasteiger partial charge in [0.15, 0.2) is 0 Å². The van der Waals surface area contributed by atoms with Crippen LogP contribution in [0.4, 0.5) is 18.0 Å². The van der Waals surface area contributed by atoms with Crippen LogP contribution in [0.15, 0.2) is 0 Å². The summed E-state index contributed by atoms with van der Waals surface area (Å²) in [6.07, 6.45) is -3.91. The summed E-state index contributed by atoms with van der Waals surface area (Å²) in [5.74, 6) is -0.593. The molecule has 1 fully saturated rings. The zero-order chi connectivity index (χ0) is 18.4. The van der Waals surface area contributed by atoms with Gasteiger partial charge in [-0.05, 0) is 46.0 Å². The molecule has 1 amide bonds. The quantitative estimate of drug-likeness (QED) is 0.653. The van der Waals surface area contributed by atoms with Gasteiger partial charge in [-0.1, -0.05) is 0 Å². The smallest absolute Gasteiger partial charge is 0.410 e. The van der Waals surface area contributed by atoms with Gasteiger partial charge < -0.3 is 9.64 Å². The molecule has 24 heavy (non-hydrogen) atoms. The summed E-state index contributed by atoms with van der Waals surface area (Å²) in [6, 6.07) is -0.0541. The molecule has 0 radical (unpaired) electrons. The van der Waals surface area contributed by atoms with Crippen molar-refractivity contribution in [3.8, 4) is 0 Å². The number of ether oxygens (including phenoxy) is 1. The summed E-state index contributed by atoms with van der Waals surface area (Å²) < 4.78 is 64.9. The summed E-state index contributed by atoms with van der Waals surface area (Å²) in [6.45, 7) is 4.11. The predicted molar refractivity (Wildman–Crippen MR) is 84.5 cm³/mol. The maximum Gasteiger partial charge on any atom is 0.410 e. The Kier molecular flexibility index (Phi) is 7.82. The molecule has 0 N–H and O–H groups in total. The van der Waals surface area contributed by atoms with E-state index in [0.29, 0.717) is 19.4 Å². The van der Waals surface area contributed by atoms with Gasteiger partial charge in [-0.2, -0.15) is 13.2 Å². The van der Waals surface area contributed by atoms with Crippen LogP contribution in [0.1, 0.15) is 52.4 Å². The minimum absolute atomic E-state index is 0.0541. The summed E-state index contributed by atoms with van der Waals surface area (Å²) in [5.41, 5.74) is 0. The fraction of sp³-hybridized carbons (Fsp3) is 0.933. The molecule has 0 aromatic carbocycles. The van der Waals surface area contributed by atoms with E-state index >= 15 is 0 Å². The third kappa shape index (κ3) is 8.21. The molecule has 0 saturated carbocycles. The van der Waals surface area contributed by atoms with Crippen molar-refractivity contribution in [2.75, 3.05) is 18.1 Å². The van der Waals surface area contributed by atoms with E-state index in [-0.39, 0.29) is 24.0 Å². The van der Waals surface area contributed by atoms with E-state index in [9.17, 15) is 26.4 Å². The van der Waals surface area contributed by atoms with Gasteiger partial charge in [0.2, 0.25) is 0 Å². The minimum Gasteiger partial charge on any atom is -0.447 e. The molecule has 1 aliphatic heterocycles. The predicted octanol–water partition coefficient (Wildman–Crippen LogP) is 3.53. The average Bonchev–Trinajstić information content (AvgIpc) is 2.84. The van der Waals surface area contributed by atoms with Gasteiger partial charge in [-0.25, -0.2) is 13.2 Å². The Hall–Kier alpha value is -0.990. The summed E-state index contributed by atoms with van der Waals surface area (Å²) >= 11 is 0. The van der Waals surface area contributed by atoms with E-state index in [2.05, 4.69) is 0 Å². The highest BCUT2D eigenvalue weighted by Crippen LogP contribution is 2.24. The van der Waals surface area contributed by atoms with E-state index in [1.807, 2.05) is 0 Å². The lowest BCUT2D eigenvalue weighted by Gasteiger charge is -2.25. The van der Waals surface area contributed by atoms with Gasteiger partial charge >= 0.3 is 12.3 Å². The van der Waals surface area contributed by atoms with E-state index in [1.54, 1.807) is 18.7 Å². The van der Waals surface area contributed by atoms with Crippen LogP contribution >= 0.6 is 0 Å². The Bertz CT molecular complexity index is 505. The van der Waals surface area contributed by atoms with Crippen LogP contribution in [0.2, 0.25) is 0 Å². The number of nitrogens with zero attached hydrogens (tertiary/aromatic N) is 1. The zero-order valence-electron chi connectivity index (χ0n) is 14.1. The Labute approximate surface area is 141 Å². The van der Waals surface area contributed by atoms with Gasteiger partial charge in [0.05, 0.1) is 17.6 Å². The van der Waals surface area contributed by atoms with Crippen molar-refractivity contribution in [1.29, 1.82) is 0 Å². The summed E-state index contributed by atoms with van der Waals surface area (Å²) in [4.78, 5) is 13.6. The first-order chi connectivity index (χ1) is 11.0. The van der Waals surface area contributed by atoms with E-state index in [1.165, 1.54) is 0 Å². The molecule has 142 valence electrons. The van der Waals surface area contributed by atoms with Crippen LogP contribution in [0.3, 0.4) is 0 Å². The first kappa shape index (κ1) is 21.1. The van der Waals surface area contributed by atoms with Crippen molar-refractivity contribution in [3.05, 3.63) is 0 Å². The molecule has 0 spiro atoms. The van der Waals surface area contributed by atoms with Gasteiger partial charge in [0.1, 0.15) is 9.84 Å². The highest BCUT2D eigenvalue weighted by atomic mass is 32.2. The fourth-order valence-electron chi connectivity index (χ4n) is 2.78. The van der Waals surface area contributed by atoms with E-state index in [0.717, 1.165) is 12.8 Å².